The number of hydrogen-bond acceptors (Lipinski definition) is 3. The average molecular weight is 287 g/mol. The molecular formula is C14H8ClFN4. The molecule has 0 spiro atoms. The van der Waals surface area contributed by atoms with Crippen molar-refractivity contribution in [2.24, 2.45) is 0 Å². The van der Waals surface area contributed by atoms with Crippen molar-refractivity contribution in [3.8, 4) is 17.3 Å². The number of pyridine rings is 1. The highest BCUT2D eigenvalue weighted by Gasteiger charge is 2.13. The van der Waals surface area contributed by atoms with Crippen LogP contribution in [0.4, 0.5) is 4.39 Å². The summed E-state index contributed by atoms with van der Waals surface area (Å²) in [7, 11) is 0. The molecule has 0 unspecified atom stereocenters. The molecule has 3 rings (SSSR count). The van der Waals surface area contributed by atoms with Crippen molar-refractivity contribution < 1.29 is 4.39 Å². The first-order chi connectivity index (χ1) is 9.60. The molecule has 98 valence electrons. The maximum Gasteiger partial charge on any atom is 0.157 e. The largest absolute Gasteiger partial charge is 0.215 e. The van der Waals surface area contributed by atoms with Crippen molar-refractivity contribution in [3.05, 3.63) is 52.6 Å². The molecule has 0 aliphatic heterocycles. The molecule has 1 aromatic carbocycles. The summed E-state index contributed by atoms with van der Waals surface area (Å²) < 4.78 is 15.4. The van der Waals surface area contributed by atoms with E-state index >= 15 is 0 Å². The van der Waals surface area contributed by atoms with Crippen LogP contribution < -0.4 is 0 Å². The predicted molar refractivity (Wildman–Crippen MR) is 72.8 cm³/mol. The Labute approximate surface area is 119 Å². The zero-order valence-electron chi connectivity index (χ0n) is 10.4. The highest BCUT2D eigenvalue weighted by atomic mass is 35.5. The Kier molecular flexibility index (Phi) is 2.88. The van der Waals surface area contributed by atoms with Gasteiger partial charge in [0.1, 0.15) is 18.2 Å². The van der Waals surface area contributed by atoms with Crippen LogP contribution in [0.15, 0.2) is 30.6 Å². The number of fused-ring (bicyclic) bond motifs is 1. The van der Waals surface area contributed by atoms with E-state index in [-0.39, 0.29) is 5.56 Å². The van der Waals surface area contributed by atoms with Crippen LogP contribution >= 0.6 is 11.6 Å². The van der Waals surface area contributed by atoms with Gasteiger partial charge in [-0.15, -0.1) is 0 Å². The van der Waals surface area contributed by atoms with Crippen molar-refractivity contribution >= 4 is 17.2 Å². The van der Waals surface area contributed by atoms with Crippen LogP contribution in [0, 0.1) is 24.1 Å². The van der Waals surface area contributed by atoms with E-state index in [0.717, 1.165) is 5.56 Å². The molecule has 0 N–H and O–H groups in total. The highest BCUT2D eigenvalue weighted by molar-refractivity contribution is 6.31. The van der Waals surface area contributed by atoms with Crippen molar-refractivity contribution in [1.82, 2.24) is 14.6 Å². The van der Waals surface area contributed by atoms with Gasteiger partial charge in [-0.25, -0.2) is 13.9 Å². The molecule has 6 heteroatoms. The van der Waals surface area contributed by atoms with Crippen molar-refractivity contribution in [2.75, 3.05) is 0 Å². The first-order valence-electron chi connectivity index (χ1n) is 5.80. The van der Waals surface area contributed by atoms with Crippen LogP contribution in [0.25, 0.3) is 16.9 Å². The SMILES string of the molecule is Cc1cc(C#N)c(F)cc1-c1cc(Cl)cc2ncnn12. The lowest BCUT2D eigenvalue weighted by Crippen LogP contribution is -1.98. The third-order valence-corrected chi connectivity index (χ3v) is 3.27. The number of nitriles is 1. The molecule has 4 nitrogen and oxygen atoms in total. The Morgan fingerprint density at radius 3 is 2.85 bits per heavy atom. The maximum atomic E-state index is 13.8. The molecule has 0 bridgehead atoms. The third kappa shape index (κ3) is 1.91. The summed E-state index contributed by atoms with van der Waals surface area (Å²) >= 11 is 6.05. The minimum Gasteiger partial charge on any atom is -0.215 e. The topological polar surface area (TPSA) is 54.0 Å². The van der Waals surface area contributed by atoms with E-state index in [1.165, 1.54) is 18.5 Å². The summed E-state index contributed by atoms with van der Waals surface area (Å²) in [6, 6.07) is 8.02. The summed E-state index contributed by atoms with van der Waals surface area (Å²) in [5.74, 6) is -0.568. The zero-order valence-corrected chi connectivity index (χ0v) is 11.2. The fourth-order valence-corrected chi connectivity index (χ4v) is 2.33. The summed E-state index contributed by atoms with van der Waals surface area (Å²) in [5.41, 5.74) is 2.62. The van der Waals surface area contributed by atoms with Crippen LogP contribution in [0.3, 0.4) is 0 Å². The molecule has 20 heavy (non-hydrogen) atoms. The maximum absolute atomic E-state index is 13.8. The van der Waals surface area contributed by atoms with E-state index in [9.17, 15) is 4.39 Å². The van der Waals surface area contributed by atoms with Crippen LogP contribution in [0.5, 0.6) is 0 Å². The lowest BCUT2D eigenvalue weighted by atomic mass is 10.0. The molecule has 0 aliphatic carbocycles. The molecule has 0 fully saturated rings. The van der Waals surface area contributed by atoms with E-state index in [4.69, 9.17) is 16.9 Å². The normalized spacial score (nSPS) is 10.7. The third-order valence-electron chi connectivity index (χ3n) is 3.05. The Morgan fingerprint density at radius 1 is 1.30 bits per heavy atom. The van der Waals surface area contributed by atoms with Gasteiger partial charge in [0.05, 0.1) is 11.3 Å². The lowest BCUT2D eigenvalue weighted by molar-refractivity contribution is 0.624. The van der Waals surface area contributed by atoms with Gasteiger partial charge >= 0.3 is 0 Å². The minimum absolute atomic E-state index is 0.0168. The van der Waals surface area contributed by atoms with Gasteiger partial charge in [-0.05, 0) is 30.7 Å². The quantitative estimate of drug-likeness (QED) is 0.689. The lowest BCUT2D eigenvalue weighted by Gasteiger charge is -2.09. The van der Waals surface area contributed by atoms with Gasteiger partial charge in [0.2, 0.25) is 0 Å². The van der Waals surface area contributed by atoms with Gasteiger partial charge in [-0.2, -0.15) is 10.4 Å². The molecule has 3 aromatic rings. The van der Waals surface area contributed by atoms with E-state index < -0.39 is 5.82 Å². The number of benzene rings is 1. The summed E-state index contributed by atoms with van der Waals surface area (Å²) in [6.45, 7) is 1.80. The standard InChI is InChI=1S/C14H8ClFN4/c1-8-2-9(6-17)12(16)5-11(8)13-3-10(15)4-14-18-7-19-20(13)14/h2-5,7H,1H3. The van der Waals surface area contributed by atoms with E-state index in [1.807, 2.05) is 6.07 Å². The van der Waals surface area contributed by atoms with Crippen LogP contribution in [-0.4, -0.2) is 14.6 Å². The van der Waals surface area contributed by atoms with E-state index in [2.05, 4.69) is 10.1 Å². The van der Waals surface area contributed by atoms with Gasteiger partial charge in [-0.3, -0.25) is 0 Å². The van der Waals surface area contributed by atoms with Crippen molar-refractivity contribution in [1.29, 1.82) is 5.26 Å². The fourth-order valence-electron chi connectivity index (χ4n) is 2.13. The van der Waals surface area contributed by atoms with Crippen LogP contribution in [-0.2, 0) is 0 Å². The van der Waals surface area contributed by atoms with E-state index in [1.54, 1.807) is 23.6 Å². The second kappa shape index (κ2) is 4.58. The second-order valence-electron chi connectivity index (χ2n) is 4.35. The Hall–Kier alpha value is -2.45. The summed E-state index contributed by atoms with van der Waals surface area (Å²) in [4.78, 5) is 4.07. The number of aromatic nitrogens is 3. The van der Waals surface area contributed by atoms with Crippen molar-refractivity contribution in [2.45, 2.75) is 6.92 Å². The first-order valence-corrected chi connectivity index (χ1v) is 6.18. The molecule has 0 radical (unpaired) electrons. The molecular weight excluding hydrogens is 279 g/mol. The molecule has 0 aliphatic rings. The van der Waals surface area contributed by atoms with Gasteiger partial charge in [0.15, 0.2) is 5.65 Å². The predicted octanol–water partition coefficient (Wildman–Crippen LogP) is 3.37. The monoisotopic (exact) mass is 286 g/mol. The average Bonchev–Trinajstić information content (AvgIpc) is 2.88. The number of nitrogens with zero attached hydrogens (tertiary/aromatic N) is 4. The Balaban J connectivity index is 2.34. The van der Waals surface area contributed by atoms with Gasteiger partial charge in [-0.1, -0.05) is 11.6 Å². The molecule has 0 saturated heterocycles. The number of aryl methyl sites for hydroxylation is 1. The highest BCUT2D eigenvalue weighted by Crippen LogP contribution is 2.28. The smallest absolute Gasteiger partial charge is 0.157 e. The number of halogens is 2. The Morgan fingerprint density at radius 2 is 2.10 bits per heavy atom. The van der Waals surface area contributed by atoms with Crippen molar-refractivity contribution in [3.63, 3.8) is 0 Å². The second-order valence-corrected chi connectivity index (χ2v) is 4.78. The summed E-state index contributed by atoms with van der Waals surface area (Å²) in [6.07, 6.45) is 1.41. The minimum atomic E-state index is -0.568. The Bertz CT molecular complexity index is 863. The summed E-state index contributed by atoms with van der Waals surface area (Å²) in [5, 5.41) is 13.4. The van der Waals surface area contributed by atoms with E-state index in [0.29, 0.717) is 21.9 Å². The molecule has 2 aromatic heterocycles. The van der Waals surface area contributed by atoms with Crippen LogP contribution in [0.2, 0.25) is 5.02 Å². The van der Waals surface area contributed by atoms with Gasteiger partial charge < -0.3 is 0 Å². The number of hydrogen-bond donors (Lipinski definition) is 0. The van der Waals surface area contributed by atoms with Gasteiger partial charge in [0, 0.05) is 16.7 Å². The van der Waals surface area contributed by atoms with Crippen LogP contribution in [0.1, 0.15) is 11.1 Å². The number of rotatable bonds is 1. The molecule has 0 saturated carbocycles. The molecule has 2 heterocycles. The first kappa shape index (κ1) is 12.6. The molecule has 0 atom stereocenters. The fraction of sp³-hybridized carbons (Fsp3) is 0.0714. The molecule has 0 amide bonds. The van der Waals surface area contributed by atoms with Gasteiger partial charge in [0.25, 0.3) is 0 Å². The zero-order chi connectivity index (χ0) is 14.3.